The maximum absolute atomic E-state index is 11.9. The molecule has 0 spiro atoms. The number of allylic oxidation sites excluding steroid dienone is 1. The second-order valence-corrected chi connectivity index (χ2v) is 7.91. The van der Waals surface area contributed by atoms with Crippen LogP contribution in [0.5, 0.6) is 0 Å². The molecule has 0 heterocycles. The first-order chi connectivity index (χ1) is 14.2. The van der Waals surface area contributed by atoms with Crippen LogP contribution in [0.25, 0.3) is 0 Å². The molecule has 4 heteroatoms. The molecule has 1 amide bonds. The van der Waals surface area contributed by atoms with E-state index in [0.29, 0.717) is 13.3 Å². The van der Waals surface area contributed by atoms with Gasteiger partial charge in [0.2, 0.25) is 5.91 Å². The van der Waals surface area contributed by atoms with Gasteiger partial charge in [0.1, 0.15) is 0 Å². The predicted octanol–water partition coefficient (Wildman–Crippen LogP) is 5.66. The van der Waals surface area contributed by atoms with Crippen LogP contribution < -0.4 is 5.32 Å². The van der Waals surface area contributed by atoms with Crippen molar-refractivity contribution in [1.82, 2.24) is 5.32 Å². The Morgan fingerprint density at radius 1 is 0.929 bits per heavy atom. The topological polar surface area (TPSA) is 69.6 Å². The van der Waals surface area contributed by atoms with Crippen LogP contribution in [0.3, 0.4) is 0 Å². The SMILES string of the molecule is [2H]CCCCCC(=O)N[C@@H](CO)[C@H](O)/C=C/CCCCCCCCCCCCC. The van der Waals surface area contributed by atoms with Gasteiger partial charge in [0.05, 0.1) is 18.8 Å². The number of rotatable bonds is 20. The molecule has 0 aliphatic carbocycles. The van der Waals surface area contributed by atoms with E-state index < -0.39 is 12.1 Å². The van der Waals surface area contributed by atoms with Crippen molar-refractivity contribution >= 4 is 5.91 Å². The molecule has 0 aromatic heterocycles. The molecular formula is C24H47NO3. The summed E-state index contributed by atoms with van der Waals surface area (Å²) < 4.78 is 7.08. The van der Waals surface area contributed by atoms with E-state index in [2.05, 4.69) is 12.2 Å². The van der Waals surface area contributed by atoms with E-state index in [-0.39, 0.29) is 12.5 Å². The largest absolute Gasteiger partial charge is 0.394 e. The van der Waals surface area contributed by atoms with E-state index in [0.717, 1.165) is 32.1 Å². The van der Waals surface area contributed by atoms with Gasteiger partial charge in [-0.05, 0) is 19.3 Å². The molecule has 4 nitrogen and oxygen atoms in total. The van der Waals surface area contributed by atoms with Crippen LogP contribution in [0.15, 0.2) is 12.2 Å². The van der Waals surface area contributed by atoms with Gasteiger partial charge in [-0.2, -0.15) is 0 Å². The molecule has 0 aliphatic rings. The van der Waals surface area contributed by atoms with Gasteiger partial charge in [-0.1, -0.05) is 103 Å². The summed E-state index contributed by atoms with van der Waals surface area (Å²) in [4.78, 5) is 11.9. The lowest BCUT2D eigenvalue weighted by Crippen LogP contribution is -2.45. The lowest BCUT2D eigenvalue weighted by molar-refractivity contribution is -0.123. The summed E-state index contributed by atoms with van der Waals surface area (Å²) in [5.74, 6) is -0.146. The van der Waals surface area contributed by atoms with Gasteiger partial charge in [0.15, 0.2) is 0 Å². The van der Waals surface area contributed by atoms with Crippen molar-refractivity contribution < 1.29 is 16.4 Å². The second kappa shape index (κ2) is 20.9. The van der Waals surface area contributed by atoms with E-state index in [1.54, 1.807) is 6.08 Å². The highest BCUT2D eigenvalue weighted by atomic mass is 16.3. The van der Waals surface area contributed by atoms with Crippen LogP contribution in [0, 0.1) is 0 Å². The number of aliphatic hydroxyl groups excluding tert-OH is 2. The Labute approximate surface area is 175 Å². The molecule has 0 unspecified atom stereocenters. The molecule has 0 saturated heterocycles. The third kappa shape index (κ3) is 17.2. The third-order valence-electron chi connectivity index (χ3n) is 5.17. The second-order valence-electron chi connectivity index (χ2n) is 7.91. The van der Waals surface area contributed by atoms with Crippen molar-refractivity contribution in [2.24, 2.45) is 0 Å². The zero-order valence-corrected chi connectivity index (χ0v) is 18.3. The standard InChI is InChI=1S/C24H47NO3/c1-3-5-7-8-9-10-11-12-13-14-15-16-18-19-23(27)22(21-26)25-24(28)20-17-6-4-2/h18-19,22-23,26-27H,3-17,20-21H2,1-2H3,(H,25,28)/b19-18+/t22-,23+/m0/s1/i2D. The first-order valence-electron chi connectivity index (χ1n) is 12.4. The molecule has 0 fully saturated rings. The number of amides is 1. The van der Waals surface area contributed by atoms with Gasteiger partial charge in [0, 0.05) is 7.79 Å². The Hall–Kier alpha value is -0.870. The van der Waals surface area contributed by atoms with E-state index in [1.807, 2.05) is 6.08 Å². The number of hydrogen-bond donors (Lipinski definition) is 3. The predicted molar refractivity (Wildman–Crippen MR) is 119 cm³/mol. The maximum atomic E-state index is 11.9. The molecule has 0 bridgehead atoms. The Morgan fingerprint density at radius 3 is 2.07 bits per heavy atom. The van der Waals surface area contributed by atoms with Crippen LogP contribution >= 0.6 is 0 Å². The zero-order chi connectivity index (χ0) is 21.6. The highest BCUT2D eigenvalue weighted by molar-refractivity contribution is 5.76. The molecule has 0 aromatic rings. The van der Waals surface area contributed by atoms with Gasteiger partial charge >= 0.3 is 0 Å². The van der Waals surface area contributed by atoms with Crippen LogP contribution in [0.4, 0.5) is 0 Å². The Balaban J connectivity index is 3.68. The zero-order valence-electron chi connectivity index (χ0n) is 19.3. The number of hydrogen-bond acceptors (Lipinski definition) is 3. The average molecular weight is 399 g/mol. The van der Waals surface area contributed by atoms with Gasteiger partial charge in [0.25, 0.3) is 0 Å². The maximum Gasteiger partial charge on any atom is 0.220 e. The van der Waals surface area contributed by atoms with Gasteiger partial charge < -0.3 is 15.5 Å². The van der Waals surface area contributed by atoms with E-state index >= 15 is 0 Å². The molecule has 0 radical (unpaired) electrons. The molecular weight excluding hydrogens is 350 g/mol. The summed E-state index contributed by atoms with van der Waals surface area (Å²) in [7, 11) is 0. The first kappa shape index (κ1) is 25.2. The molecule has 3 N–H and O–H groups in total. The Morgan fingerprint density at radius 2 is 1.50 bits per heavy atom. The summed E-state index contributed by atoms with van der Waals surface area (Å²) in [6, 6.07) is -0.646. The molecule has 0 aromatic carbocycles. The number of unbranched alkanes of at least 4 members (excludes halogenated alkanes) is 13. The number of carbonyl (C=O) groups excluding carboxylic acids is 1. The molecule has 28 heavy (non-hydrogen) atoms. The van der Waals surface area contributed by atoms with Crippen LogP contribution in [-0.4, -0.2) is 34.9 Å². The monoisotopic (exact) mass is 398 g/mol. The molecule has 0 saturated carbocycles. The minimum atomic E-state index is -0.857. The lowest BCUT2D eigenvalue weighted by atomic mass is 10.0. The fraction of sp³-hybridized carbons (Fsp3) is 0.875. The van der Waals surface area contributed by atoms with Gasteiger partial charge in [-0.3, -0.25) is 4.79 Å². The smallest absolute Gasteiger partial charge is 0.220 e. The van der Waals surface area contributed by atoms with Crippen LogP contribution in [0.1, 0.15) is 118 Å². The van der Waals surface area contributed by atoms with Crippen molar-refractivity contribution in [2.75, 3.05) is 6.61 Å². The molecule has 0 rings (SSSR count). The molecule has 2 atom stereocenters. The highest BCUT2D eigenvalue weighted by Crippen LogP contribution is 2.12. The van der Waals surface area contributed by atoms with Crippen molar-refractivity contribution in [3.05, 3.63) is 12.2 Å². The normalized spacial score (nSPS) is 14.2. The molecule has 0 aliphatic heterocycles. The van der Waals surface area contributed by atoms with Crippen molar-refractivity contribution in [3.8, 4) is 0 Å². The number of carbonyl (C=O) groups is 1. The fourth-order valence-corrected chi connectivity index (χ4v) is 3.28. The van der Waals surface area contributed by atoms with Gasteiger partial charge in [-0.25, -0.2) is 0 Å². The minimum absolute atomic E-state index is 0.146. The minimum Gasteiger partial charge on any atom is -0.394 e. The summed E-state index contributed by atoms with van der Waals surface area (Å²) in [5, 5.41) is 22.3. The quantitative estimate of drug-likeness (QED) is 0.183. The summed E-state index contributed by atoms with van der Waals surface area (Å²) in [6.07, 6.45) is 21.0. The first-order valence-corrected chi connectivity index (χ1v) is 11.7. The van der Waals surface area contributed by atoms with Crippen molar-refractivity contribution in [2.45, 2.75) is 129 Å². The van der Waals surface area contributed by atoms with E-state index in [1.165, 1.54) is 64.2 Å². The Kier molecular flexibility index (Phi) is 18.7. The van der Waals surface area contributed by atoms with Crippen molar-refractivity contribution in [3.63, 3.8) is 0 Å². The van der Waals surface area contributed by atoms with Gasteiger partial charge in [-0.15, -0.1) is 0 Å². The van der Waals surface area contributed by atoms with Crippen LogP contribution in [0.2, 0.25) is 0 Å². The average Bonchev–Trinajstić information content (AvgIpc) is 2.72. The lowest BCUT2D eigenvalue weighted by Gasteiger charge is -2.19. The highest BCUT2D eigenvalue weighted by Gasteiger charge is 2.17. The summed E-state index contributed by atoms with van der Waals surface area (Å²) in [6.45, 7) is 2.37. The fourth-order valence-electron chi connectivity index (χ4n) is 3.28. The summed E-state index contributed by atoms with van der Waals surface area (Å²) >= 11 is 0. The number of nitrogens with one attached hydrogen (secondary N) is 1. The summed E-state index contributed by atoms with van der Waals surface area (Å²) in [5.41, 5.74) is 0. The molecule has 166 valence electrons. The number of aliphatic hydroxyl groups is 2. The van der Waals surface area contributed by atoms with Crippen molar-refractivity contribution in [1.29, 1.82) is 0 Å². The van der Waals surface area contributed by atoms with E-state index in [4.69, 9.17) is 1.37 Å². The Bertz CT molecular complexity index is 390. The third-order valence-corrected chi connectivity index (χ3v) is 5.17. The van der Waals surface area contributed by atoms with E-state index in [9.17, 15) is 15.0 Å². The van der Waals surface area contributed by atoms with Crippen LogP contribution in [-0.2, 0) is 4.79 Å².